The normalized spacial score (nSPS) is 12.1. The number of aliphatic hydroxyl groups is 1. The molecule has 4 heteroatoms. The van der Waals surface area contributed by atoms with Crippen LogP contribution in [-0.2, 0) is 0 Å². The molecule has 0 aliphatic rings. The number of hydrogen-bond acceptors (Lipinski definition) is 3. The molecule has 1 rings (SSSR count). The lowest BCUT2D eigenvalue weighted by molar-refractivity contribution is 0.167. The topological polar surface area (TPSA) is 55.5 Å². The molecule has 17 heavy (non-hydrogen) atoms. The summed E-state index contributed by atoms with van der Waals surface area (Å²) in [4.78, 5) is 0. The number of aliphatic hydroxyl groups excluding tert-OH is 1. The molecule has 3 nitrogen and oxygen atoms in total. The van der Waals surface area contributed by atoms with Crippen molar-refractivity contribution in [2.45, 2.75) is 18.9 Å². The number of benzene rings is 1. The standard InChI is InChI=1S/C13H18FNO2/c1-10(15)2-7-13(16)11-3-5-12(6-4-11)17-9-8-14/h3-6,13,16H,1-2,7-9,15H2. The lowest BCUT2D eigenvalue weighted by Crippen LogP contribution is -2.02. The Hall–Kier alpha value is -1.55. The third kappa shape index (κ3) is 4.87. The number of ether oxygens (including phenoxy) is 1. The Balaban J connectivity index is 2.51. The molecular formula is C13H18FNO2. The van der Waals surface area contributed by atoms with E-state index in [2.05, 4.69) is 6.58 Å². The van der Waals surface area contributed by atoms with E-state index in [4.69, 9.17) is 10.5 Å². The van der Waals surface area contributed by atoms with Gasteiger partial charge in [-0.05, 0) is 30.5 Å². The first-order chi connectivity index (χ1) is 8.13. The highest BCUT2D eigenvalue weighted by molar-refractivity contribution is 5.28. The molecule has 1 unspecified atom stereocenters. The summed E-state index contributed by atoms with van der Waals surface area (Å²) in [6, 6.07) is 6.95. The first-order valence-corrected chi connectivity index (χ1v) is 5.53. The van der Waals surface area contributed by atoms with Crippen molar-refractivity contribution in [1.82, 2.24) is 0 Å². The van der Waals surface area contributed by atoms with E-state index < -0.39 is 12.8 Å². The summed E-state index contributed by atoms with van der Waals surface area (Å²) in [5.74, 6) is 0.599. The van der Waals surface area contributed by atoms with Crippen molar-refractivity contribution in [2.75, 3.05) is 13.3 Å². The molecule has 0 amide bonds. The Morgan fingerprint density at radius 3 is 2.59 bits per heavy atom. The second-order valence-corrected chi connectivity index (χ2v) is 3.82. The predicted octanol–water partition coefficient (Wildman–Crippen LogP) is 2.32. The van der Waals surface area contributed by atoms with Crippen molar-refractivity contribution < 1.29 is 14.2 Å². The van der Waals surface area contributed by atoms with Gasteiger partial charge in [-0.3, -0.25) is 0 Å². The minimum Gasteiger partial charge on any atom is -0.491 e. The molecule has 0 aliphatic heterocycles. The molecule has 0 aromatic heterocycles. The van der Waals surface area contributed by atoms with Crippen LogP contribution in [0.15, 0.2) is 36.5 Å². The van der Waals surface area contributed by atoms with Crippen LogP contribution in [0.25, 0.3) is 0 Å². The van der Waals surface area contributed by atoms with Crippen LogP contribution in [0.3, 0.4) is 0 Å². The van der Waals surface area contributed by atoms with Gasteiger partial charge in [0.05, 0.1) is 6.10 Å². The number of hydrogen-bond donors (Lipinski definition) is 2. The Morgan fingerprint density at radius 2 is 2.06 bits per heavy atom. The molecule has 0 saturated heterocycles. The number of alkyl halides is 1. The zero-order valence-electron chi connectivity index (χ0n) is 9.73. The highest BCUT2D eigenvalue weighted by Crippen LogP contribution is 2.21. The van der Waals surface area contributed by atoms with E-state index in [1.54, 1.807) is 24.3 Å². The van der Waals surface area contributed by atoms with E-state index in [1.165, 1.54) is 0 Å². The van der Waals surface area contributed by atoms with Crippen LogP contribution in [0, 0.1) is 0 Å². The minimum absolute atomic E-state index is 0.0505. The fourth-order valence-electron chi connectivity index (χ4n) is 1.43. The maximum atomic E-state index is 11.9. The summed E-state index contributed by atoms with van der Waals surface area (Å²) >= 11 is 0. The van der Waals surface area contributed by atoms with Gasteiger partial charge in [0.2, 0.25) is 0 Å². The van der Waals surface area contributed by atoms with Gasteiger partial charge in [0.25, 0.3) is 0 Å². The molecular weight excluding hydrogens is 221 g/mol. The Labute approximate surface area is 101 Å². The zero-order chi connectivity index (χ0) is 12.7. The second-order valence-electron chi connectivity index (χ2n) is 3.82. The largest absolute Gasteiger partial charge is 0.491 e. The fourth-order valence-corrected chi connectivity index (χ4v) is 1.43. The Bertz CT molecular complexity index is 351. The zero-order valence-corrected chi connectivity index (χ0v) is 9.73. The molecule has 0 bridgehead atoms. The molecule has 0 aliphatic carbocycles. The number of halogens is 1. The molecule has 1 atom stereocenters. The van der Waals surface area contributed by atoms with Gasteiger partial charge in [0.1, 0.15) is 19.0 Å². The second kappa shape index (κ2) is 6.91. The summed E-state index contributed by atoms with van der Waals surface area (Å²) < 4.78 is 17.0. The first kappa shape index (κ1) is 13.5. The number of rotatable bonds is 7. The number of allylic oxidation sites excluding steroid dienone is 1. The third-order valence-electron chi connectivity index (χ3n) is 2.35. The molecule has 0 heterocycles. The van der Waals surface area contributed by atoms with Crippen LogP contribution in [0.1, 0.15) is 24.5 Å². The van der Waals surface area contributed by atoms with Crippen molar-refractivity contribution in [3.63, 3.8) is 0 Å². The smallest absolute Gasteiger partial charge is 0.123 e. The lowest BCUT2D eigenvalue weighted by atomic mass is 10.0. The summed E-state index contributed by atoms with van der Waals surface area (Å²) in [5.41, 5.74) is 6.79. The SMILES string of the molecule is C=C(N)CCC(O)c1ccc(OCCF)cc1. The van der Waals surface area contributed by atoms with Crippen LogP contribution in [-0.4, -0.2) is 18.4 Å². The molecule has 0 fully saturated rings. The molecule has 0 saturated carbocycles. The van der Waals surface area contributed by atoms with Gasteiger partial charge in [-0.1, -0.05) is 18.7 Å². The molecule has 1 aromatic carbocycles. The minimum atomic E-state index is -0.564. The lowest BCUT2D eigenvalue weighted by Gasteiger charge is -2.11. The Kier molecular flexibility index (Phi) is 5.49. The van der Waals surface area contributed by atoms with E-state index in [0.29, 0.717) is 24.3 Å². The van der Waals surface area contributed by atoms with Crippen LogP contribution < -0.4 is 10.5 Å². The highest BCUT2D eigenvalue weighted by Gasteiger charge is 2.07. The first-order valence-electron chi connectivity index (χ1n) is 5.53. The Morgan fingerprint density at radius 1 is 1.41 bits per heavy atom. The van der Waals surface area contributed by atoms with Crippen LogP contribution in [0.5, 0.6) is 5.75 Å². The predicted molar refractivity (Wildman–Crippen MR) is 65.4 cm³/mol. The van der Waals surface area contributed by atoms with Gasteiger partial charge in [-0.25, -0.2) is 4.39 Å². The summed E-state index contributed by atoms with van der Waals surface area (Å²) in [7, 11) is 0. The van der Waals surface area contributed by atoms with E-state index in [9.17, 15) is 9.50 Å². The van der Waals surface area contributed by atoms with E-state index >= 15 is 0 Å². The molecule has 0 radical (unpaired) electrons. The van der Waals surface area contributed by atoms with Gasteiger partial charge in [0, 0.05) is 5.70 Å². The van der Waals surface area contributed by atoms with Gasteiger partial charge in [-0.2, -0.15) is 0 Å². The average Bonchev–Trinajstić information content (AvgIpc) is 2.34. The van der Waals surface area contributed by atoms with E-state index in [1.807, 2.05) is 0 Å². The van der Waals surface area contributed by atoms with Crippen molar-refractivity contribution in [3.8, 4) is 5.75 Å². The maximum Gasteiger partial charge on any atom is 0.123 e. The van der Waals surface area contributed by atoms with Gasteiger partial charge in [-0.15, -0.1) is 0 Å². The summed E-state index contributed by atoms with van der Waals surface area (Å²) in [5, 5.41) is 9.84. The molecule has 94 valence electrons. The summed E-state index contributed by atoms with van der Waals surface area (Å²) in [6.07, 6.45) is 0.562. The van der Waals surface area contributed by atoms with Gasteiger partial charge in [0.15, 0.2) is 0 Å². The maximum absolute atomic E-state index is 11.9. The van der Waals surface area contributed by atoms with Crippen molar-refractivity contribution in [3.05, 3.63) is 42.1 Å². The van der Waals surface area contributed by atoms with Crippen molar-refractivity contribution in [2.24, 2.45) is 5.73 Å². The fraction of sp³-hybridized carbons (Fsp3) is 0.385. The molecule has 3 N–H and O–H groups in total. The quantitative estimate of drug-likeness (QED) is 0.767. The number of nitrogens with two attached hydrogens (primary N) is 1. The van der Waals surface area contributed by atoms with Crippen LogP contribution >= 0.6 is 0 Å². The van der Waals surface area contributed by atoms with E-state index in [0.717, 1.165) is 5.56 Å². The molecule has 0 spiro atoms. The van der Waals surface area contributed by atoms with E-state index in [-0.39, 0.29) is 6.61 Å². The summed E-state index contributed by atoms with van der Waals surface area (Å²) in [6.45, 7) is 3.12. The van der Waals surface area contributed by atoms with Crippen LogP contribution in [0.4, 0.5) is 4.39 Å². The van der Waals surface area contributed by atoms with Gasteiger partial charge >= 0.3 is 0 Å². The molecule has 1 aromatic rings. The average molecular weight is 239 g/mol. The highest BCUT2D eigenvalue weighted by atomic mass is 19.1. The van der Waals surface area contributed by atoms with Crippen molar-refractivity contribution >= 4 is 0 Å². The van der Waals surface area contributed by atoms with Crippen molar-refractivity contribution in [1.29, 1.82) is 0 Å². The van der Waals surface area contributed by atoms with Gasteiger partial charge < -0.3 is 15.6 Å². The van der Waals surface area contributed by atoms with Crippen LogP contribution in [0.2, 0.25) is 0 Å². The third-order valence-corrected chi connectivity index (χ3v) is 2.35. The monoisotopic (exact) mass is 239 g/mol.